The molecular formula is C18H15N3O2S. The Hall–Kier alpha value is -2.73. The third-order valence-electron chi connectivity index (χ3n) is 3.31. The fourth-order valence-corrected chi connectivity index (χ4v) is 2.76. The summed E-state index contributed by atoms with van der Waals surface area (Å²) in [5.74, 6) is -0.172. The summed E-state index contributed by atoms with van der Waals surface area (Å²) in [5.41, 5.74) is 3.35. The molecule has 0 N–H and O–H groups in total. The number of hydrogen-bond donors (Lipinski definition) is 0. The Bertz CT molecular complexity index is 826. The van der Waals surface area contributed by atoms with Crippen LogP contribution in [-0.2, 0) is 9.53 Å². The minimum Gasteiger partial charge on any atom is -0.468 e. The molecule has 2 aromatic carbocycles. The van der Waals surface area contributed by atoms with Crippen LogP contribution in [0, 0.1) is 0 Å². The van der Waals surface area contributed by atoms with E-state index in [0.29, 0.717) is 10.9 Å². The number of carbonyl (C=O) groups excluding carboxylic acids is 1. The van der Waals surface area contributed by atoms with Crippen LogP contribution in [0.2, 0.25) is 0 Å². The zero-order valence-electron chi connectivity index (χ0n) is 13.0. The molecular weight excluding hydrogens is 322 g/mol. The largest absolute Gasteiger partial charge is 0.468 e. The van der Waals surface area contributed by atoms with Crippen LogP contribution in [-0.4, -0.2) is 34.0 Å². The van der Waals surface area contributed by atoms with Gasteiger partial charge in [-0.25, -0.2) is 4.98 Å². The molecule has 0 radical (unpaired) electrons. The number of esters is 1. The van der Waals surface area contributed by atoms with Gasteiger partial charge >= 0.3 is 5.97 Å². The lowest BCUT2D eigenvalue weighted by atomic mass is 10.0. The molecule has 0 amide bonds. The van der Waals surface area contributed by atoms with Crippen molar-refractivity contribution in [3.63, 3.8) is 0 Å². The first-order valence-electron chi connectivity index (χ1n) is 7.33. The van der Waals surface area contributed by atoms with Crippen molar-refractivity contribution >= 4 is 17.7 Å². The number of aromatic nitrogens is 3. The molecule has 120 valence electrons. The summed E-state index contributed by atoms with van der Waals surface area (Å²) < 4.78 is 4.64. The second-order valence-electron chi connectivity index (χ2n) is 4.89. The molecule has 0 bridgehead atoms. The number of nitrogens with zero attached hydrogens (tertiary/aromatic N) is 3. The molecule has 1 aromatic heterocycles. The molecule has 3 aromatic rings. The normalized spacial score (nSPS) is 10.4. The predicted molar refractivity (Wildman–Crippen MR) is 93.4 cm³/mol. The van der Waals surface area contributed by atoms with Crippen LogP contribution >= 0.6 is 11.8 Å². The minimum absolute atomic E-state index is 0.150. The quantitative estimate of drug-likeness (QED) is 0.525. The summed E-state index contributed by atoms with van der Waals surface area (Å²) in [5, 5.41) is 8.93. The van der Waals surface area contributed by atoms with Crippen LogP contribution in [0.25, 0.3) is 22.5 Å². The van der Waals surface area contributed by atoms with Gasteiger partial charge in [0.25, 0.3) is 0 Å². The van der Waals surface area contributed by atoms with Crippen LogP contribution < -0.4 is 0 Å². The molecule has 0 spiro atoms. The van der Waals surface area contributed by atoms with Gasteiger partial charge in [0.1, 0.15) is 11.4 Å². The van der Waals surface area contributed by atoms with Crippen molar-refractivity contribution in [2.45, 2.75) is 5.16 Å². The highest BCUT2D eigenvalue weighted by Crippen LogP contribution is 2.29. The maximum absolute atomic E-state index is 11.3. The standard InChI is InChI=1S/C18H15N3O2S/c1-23-15(22)12-24-18-19-16(13-8-4-2-5-9-13)17(20-21-18)14-10-6-3-7-11-14/h2-11H,12H2,1H3. The predicted octanol–water partition coefficient (Wildman–Crippen LogP) is 3.47. The van der Waals surface area contributed by atoms with E-state index in [4.69, 9.17) is 0 Å². The van der Waals surface area contributed by atoms with Crippen LogP contribution in [0.15, 0.2) is 65.8 Å². The molecule has 0 saturated carbocycles. The first-order chi connectivity index (χ1) is 11.8. The average molecular weight is 337 g/mol. The number of carbonyl (C=O) groups is 1. The van der Waals surface area contributed by atoms with Crippen molar-refractivity contribution in [1.82, 2.24) is 15.2 Å². The average Bonchev–Trinajstić information content (AvgIpc) is 2.67. The Labute approximate surface area is 144 Å². The monoisotopic (exact) mass is 337 g/mol. The van der Waals surface area contributed by atoms with Gasteiger partial charge in [0.2, 0.25) is 5.16 Å². The summed E-state index contributed by atoms with van der Waals surface area (Å²) in [6.45, 7) is 0. The van der Waals surface area contributed by atoms with E-state index < -0.39 is 0 Å². The topological polar surface area (TPSA) is 65.0 Å². The fourth-order valence-electron chi connectivity index (χ4n) is 2.14. The van der Waals surface area contributed by atoms with Crippen molar-refractivity contribution < 1.29 is 9.53 Å². The van der Waals surface area contributed by atoms with Gasteiger partial charge in [-0.3, -0.25) is 4.79 Å². The van der Waals surface area contributed by atoms with Gasteiger partial charge in [-0.2, -0.15) is 0 Å². The molecule has 6 heteroatoms. The van der Waals surface area contributed by atoms with Crippen molar-refractivity contribution in [3.8, 4) is 22.5 Å². The Morgan fingerprint density at radius 3 is 2.08 bits per heavy atom. The summed E-state index contributed by atoms with van der Waals surface area (Å²) in [6, 6.07) is 19.6. The van der Waals surface area contributed by atoms with Crippen LogP contribution in [0.3, 0.4) is 0 Å². The van der Waals surface area contributed by atoms with Gasteiger partial charge in [0.05, 0.1) is 12.9 Å². The SMILES string of the molecule is COC(=O)CSc1nnc(-c2ccccc2)c(-c2ccccc2)n1. The van der Waals surface area contributed by atoms with Gasteiger partial charge < -0.3 is 4.74 Å². The van der Waals surface area contributed by atoms with Crippen LogP contribution in [0.4, 0.5) is 0 Å². The van der Waals surface area contributed by atoms with Crippen molar-refractivity contribution in [2.75, 3.05) is 12.9 Å². The summed E-state index contributed by atoms with van der Waals surface area (Å²) in [6.07, 6.45) is 0. The molecule has 0 saturated heterocycles. The van der Waals surface area contributed by atoms with E-state index in [1.54, 1.807) is 0 Å². The zero-order valence-corrected chi connectivity index (χ0v) is 13.9. The van der Waals surface area contributed by atoms with E-state index in [1.165, 1.54) is 18.9 Å². The van der Waals surface area contributed by atoms with E-state index in [-0.39, 0.29) is 11.7 Å². The van der Waals surface area contributed by atoms with E-state index >= 15 is 0 Å². The molecule has 24 heavy (non-hydrogen) atoms. The fraction of sp³-hybridized carbons (Fsp3) is 0.111. The minimum atomic E-state index is -0.322. The van der Waals surface area contributed by atoms with Gasteiger partial charge in [-0.05, 0) is 0 Å². The smallest absolute Gasteiger partial charge is 0.316 e. The number of hydrogen-bond acceptors (Lipinski definition) is 6. The number of thioether (sulfide) groups is 1. The number of methoxy groups -OCH3 is 1. The molecule has 0 aliphatic heterocycles. The molecule has 0 atom stereocenters. The second kappa shape index (κ2) is 7.70. The van der Waals surface area contributed by atoms with Gasteiger partial charge in [0, 0.05) is 11.1 Å². The first-order valence-corrected chi connectivity index (χ1v) is 8.31. The highest BCUT2D eigenvalue weighted by atomic mass is 32.2. The molecule has 3 rings (SSSR count). The number of rotatable bonds is 5. The summed E-state index contributed by atoms with van der Waals surface area (Å²) in [4.78, 5) is 15.9. The maximum atomic E-state index is 11.3. The lowest BCUT2D eigenvalue weighted by Gasteiger charge is -2.09. The second-order valence-corrected chi connectivity index (χ2v) is 5.83. The Kier molecular flexibility index (Phi) is 5.18. The summed E-state index contributed by atoms with van der Waals surface area (Å²) in [7, 11) is 1.36. The molecule has 1 heterocycles. The molecule has 0 aliphatic rings. The number of benzene rings is 2. The Balaban J connectivity index is 2.02. The van der Waals surface area contributed by atoms with E-state index in [9.17, 15) is 4.79 Å². The van der Waals surface area contributed by atoms with Gasteiger partial charge in [0.15, 0.2) is 0 Å². The highest BCUT2D eigenvalue weighted by molar-refractivity contribution is 7.99. The van der Waals surface area contributed by atoms with Crippen molar-refractivity contribution in [3.05, 3.63) is 60.7 Å². The molecule has 0 fully saturated rings. The van der Waals surface area contributed by atoms with Crippen LogP contribution in [0.5, 0.6) is 0 Å². The highest BCUT2D eigenvalue weighted by Gasteiger charge is 2.14. The van der Waals surface area contributed by atoms with Crippen LogP contribution in [0.1, 0.15) is 0 Å². The van der Waals surface area contributed by atoms with Gasteiger partial charge in [-0.15, -0.1) is 10.2 Å². The Morgan fingerprint density at radius 1 is 0.917 bits per heavy atom. The van der Waals surface area contributed by atoms with E-state index in [1.807, 2.05) is 60.7 Å². The van der Waals surface area contributed by atoms with Gasteiger partial charge in [-0.1, -0.05) is 72.4 Å². The Morgan fingerprint density at radius 2 is 1.50 bits per heavy atom. The molecule has 0 aliphatic carbocycles. The lowest BCUT2D eigenvalue weighted by Crippen LogP contribution is -2.05. The number of ether oxygens (including phenoxy) is 1. The molecule has 0 unspecified atom stereocenters. The third kappa shape index (κ3) is 3.78. The first kappa shape index (κ1) is 16.1. The van der Waals surface area contributed by atoms with E-state index in [0.717, 1.165) is 16.8 Å². The van der Waals surface area contributed by atoms with E-state index in [2.05, 4.69) is 19.9 Å². The zero-order chi connectivity index (χ0) is 16.8. The lowest BCUT2D eigenvalue weighted by molar-refractivity contribution is -0.137. The summed E-state index contributed by atoms with van der Waals surface area (Å²) >= 11 is 1.21. The molecule has 5 nitrogen and oxygen atoms in total. The third-order valence-corrected chi connectivity index (χ3v) is 4.12. The maximum Gasteiger partial charge on any atom is 0.316 e. The van der Waals surface area contributed by atoms with Crippen molar-refractivity contribution in [1.29, 1.82) is 0 Å². The van der Waals surface area contributed by atoms with Crippen molar-refractivity contribution in [2.24, 2.45) is 0 Å².